The van der Waals surface area contributed by atoms with E-state index in [9.17, 15) is 18.0 Å². The molecule has 0 saturated heterocycles. The summed E-state index contributed by atoms with van der Waals surface area (Å²) < 4.78 is 32.0. The predicted octanol–water partition coefficient (Wildman–Crippen LogP) is 3.75. The zero-order valence-electron chi connectivity index (χ0n) is 22.0. The van der Waals surface area contributed by atoms with Crippen LogP contribution in [-0.2, 0) is 32.6 Å². The Labute approximate surface area is 215 Å². The van der Waals surface area contributed by atoms with Crippen LogP contribution in [0.25, 0.3) is 0 Å². The van der Waals surface area contributed by atoms with Crippen molar-refractivity contribution in [3.63, 3.8) is 0 Å². The van der Waals surface area contributed by atoms with E-state index >= 15 is 0 Å². The molecule has 2 rings (SSSR count). The van der Waals surface area contributed by atoms with E-state index in [4.69, 9.17) is 4.74 Å². The summed E-state index contributed by atoms with van der Waals surface area (Å²) in [6.45, 7) is 6.11. The second kappa shape index (κ2) is 13.9. The van der Waals surface area contributed by atoms with E-state index in [2.05, 4.69) is 5.32 Å². The average molecular weight is 518 g/mol. The number of unbranched alkanes of at least 4 members (excludes halogenated alkanes) is 1. The summed E-state index contributed by atoms with van der Waals surface area (Å²) in [5.74, 6) is -0.00674. The summed E-state index contributed by atoms with van der Waals surface area (Å²) in [4.78, 5) is 28.3. The van der Waals surface area contributed by atoms with E-state index in [0.717, 1.165) is 34.5 Å². The number of ether oxygens (including phenoxy) is 1. The molecule has 36 heavy (non-hydrogen) atoms. The van der Waals surface area contributed by atoms with Gasteiger partial charge in [-0.05, 0) is 48.6 Å². The van der Waals surface area contributed by atoms with Gasteiger partial charge in [-0.2, -0.15) is 0 Å². The first kappa shape index (κ1) is 29.2. The Balaban J connectivity index is 2.43. The molecule has 1 N–H and O–H groups in total. The summed E-state index contributed by atoms with van der Waals surface area (Å²) in [6.07, 6.45) is 3.87. The highest BCUT2D eigenvalue weighted by molar-refractivity contribution is 7.92. The maximum Gasteiger partial charge on any atom is 0.244 e. The highest BCUT2D eigenvalue weighted by atomic mass is 32.2. The SMILES string of the molecule is CCCCNC(=O)C(CC)N(Cc1ccc(OC)cc1)C(=O)CN(c1ccccc1CC)S(C)(=O)=O. The molecule has 0 aliphatic carbocycles. The highest BCUT2D eigenvalue weighted by Crippen LogP contribution is 2.24. The third kappa shape index (κ3) is 7.98. The number of nitrogens with one attached hydrogen (secondary N) is 1. The first-order chi connectivity index (χ1) is 17.2. The lowest BCUT2D eigenvalue weighted by Gasteiger charge is -2.33. The highest BCUT2D eigenvalue weighted by Gasteiger charge is 2.32. The number of hydrogen-bond acceptors (Lipinski definition) is 5. The van der Waals surface area contributed by atoms with Crippen LogP contribution in [-0.4, -0.2) is 57.6 Å². The Hall–Kier alpha value is -3.07. The Morgan fingerprint density at radius 1 is 1.03 bits per heavy atom. The number of sulfonamides is 1. The molecule has 2 aromatic rings. The minimum absolute atomic E-state index is 0.162. The molecule has 2 aromatic carbocycles. The van der Waals surface area contributed by atoms with E-state index in [1.807, 2.05) is 45.0 Å². The number of benzene rings is 2. The van der Waals surface area contributed by atoms with Crippen LogP contribution in [0.3, 0.4) is 0 Å². The Bertz CT molecular complexity index is 1100. The van der Waals surface area contributed by atoms with E-state index in [1.54, 1.807) is 31.4 Å². The molecule has 8 nitrogen and oxygen atoms in total. The quantitative estimate of drug-likeness (QED) is 0.385. The van der Waals surface area contributed by atoms with Crippen LogP contribution in [0.4, 0.5) is 5.69 Å². The number of nitrogens with zero attached hydrogens (tertiary/aromatic N) is 2. The number of methoxy groups -OCH3 is 1. The van der Waals surface area contributed by atoms with Gasteiger partial charge in [0, 0.05) is 13.1 Å². The average Bonchev–Trinajstić information content (AvgIpc) is 2.86. The molecule has 0 heterocycles. The van der Waals surface area contributed by atoms with Crippen molar-refractivity contribution in [1.29, 1.82) is 0 Å². The maximum atomic E-state index is 13.8. The number of carbonyl (C=O) groups excluding carboxylic acids is 2. The van der Waals surface area contributed by atoms with Gasteiger partial charge in [0.1, 0.15) is 18.3 Å². The Morgan fingerprint density at radius 2 is 1.69 bits per heavy atom. The topological polar surface area (TPSA) is 96.0 Å². The second-order valence-electron chi connectivity index (χ2n) is 8.69. The zero-order chi connectivity index (χ0) is 26.7. The lowest BCUT2D eigenvalue weighted by atomic mass is 10.1. The van der Waals surface area contributed by atoms with Gasteiger partial charge >= 0.3 is 0 Å². The maximum absolute atomic E-state index is 13.8. The minimum atomic E-state index is -3.76. The van der Waals surface area contributed by atoms with Crippen LogP contribution in [0.1, 0.15) is 51.2 Å². The zero-order valence-corrected chi connectivity index (χ0v) is 22.8. The third-order valence-electron chi connectivity index (χ3n) is 6.05. The Morgan fingerprint density at radius 3 is 2.25 bits per heavy atom. The summed E-state index contributed by atoms with van der Waals surface area (Å²) in [6, 6.07) is 13.7. The van der Waals surface area contributed by atoms with Gasteiger partial charge in [0.15, 0.2) is 0 Å². The molecule has 0 spiro atoms. The Kier molecular flexibility index (Phi) is 11.2. The van der Waals surface area contributed by atoms with Crippen LogP contribution >= 0.6 is 0 Å². The van der Waals surface area contributed by atoms with E-state index in [-0.39, 0.29) is 12.5 Å². The predicted molar refractivity (Wildman–Crippen MR) is 144 cm³/mol. The first-order valence-corrected chi connectivity index (χ1v) is 14.3. The normalized spacial score (nSPS) is 12.0. The molecular weight excluding hydrogens is 478 g/mol. The fourth-order valence-corrected chi connectivity index (χ4v) is 4.88. The molecule has 0 radical (unpaired) electrons. The summed E-state index contributed by atoms with van der Waals surface area (Å²) in [5, 5.41) is 2.92. The molecule has 2 amide bonds. The molecular formula is C27H39N3O5S. The van der Waals surface area contributed by atoms with E-state index in [1.165, 1.54) is 4.90 Å². The van der Waals surface area contributed by atoms with Crippen molar-refractivity contribution in [2.75, 3.05) is 30.8 Å². The lowest BCUT2D eigenvalue weighted by Crippen LogP contribution is -2.52. The number of amides is 2. The van der Waals surface area contributed by atoms with Crippen LogP contribution in [0.2, 0.25) is 0 Å². The largest absolute Gasteiger partial charge is 0.497 e. The van der Waals surface area contributed by atoms with E-state index in [0.29, 0.717) is 30.8 Å². The smallest absolute Gasteiger partial charge is 0.244 e. The van der Waals surface area contributed by atoms with E-state index < -0.39 is 28.5 Å². The van der Waals surface area contributed by atoms with Crippen LogP contribution in [0.5, 0.6) is 5.75 Å². The number of rotatable bonds is 14. The molecule has 0 bridgehead atoms. The molecule has 0 aromatic heterocycles. The van der Waals surface area contributed by atoms with Crippen molar-refractivity contribution in [3.8, 4) is 5.75 Å². The fraction of sp³-hybridized carbons (Fsp3) is 0.481. The lowest BCUT2D eigenvalue weighted by molar-refractivity contribution is -0.140. The summed E-state index contributed by atoms with van der Waals surface area (Å²) >= 11 is 0. The molecule has 0 aliphatic rings. The van der Waals surface area contributed by atoms with Crippen molar-refractivity contribution >= 4 is 27.5 Å². The number of aryl methyl sites for hydroxylation is 1. The van der Waals surface area contributed by atoms with Crippen molar-refractivity contribution < 1.29 is 22.7 Å². The van der Waals surface area contributed by atoms with Crippen molar-refractivity contribution in [1.82, 2.24) is 10.2 Å². The molecule has 0 aliphatic heterocycles. The van der Waals surface area contributed by atoms with Gasteiger partial charge in [0.05, 0.1) is 19.1 Å². The van der Waals surface area contributed by atoms with Crippen molar-refractivity contribution in [2.24, 2.45) is 0 Å². The molecule has 198 valence electrons. The minimum Gasteiger partial charge on any atom is -0.497 e. The van der Waals surface area contributed by atoms with Gasteiger partial charge in [-0.15, -0.1) is 0 Å². The number of hydrogen-bond donors (Lipinski definition) is 1. The molecule has 0 fully saturated rings. The molecule has 1 atom stereocenters. The van der Waals surface area contributed by atoms with Gasteiger partial charge < -0.3 is 15.0 Å². The van der Waals surface area contributed by atoms with Gasteiger partial charge in [-0.1, -0.05) is 57.5 Å². The third-order valence-corrected chi connectivity index (χ3v) is 7.17. The fourth-order valence-electron chi connectivity index (χ4n) is 4.00. The van der Waals surface area contributed by atoms with Crippen molar-refractivity contribution in [2.45, 2.75) is 59.0 Å². The number of carbonyl (C=O) groups is 2. The van der Waals surface area contributed by atoms with Crippen LogP contribution < -0.4 is 14.4 Å². The molecule has 9 heteroatoms. The molecule has 0 saturated carbocycles. The summed E-state index contributed by atoms with van der Waals surface area (Å²) in [5.41, 5.74) is 2.10. The van der Waals surface area contributed by atoms with Crippen LogP contribution in [0.15, 0.2) is 48.5 Å². The van der Waals surface area contributed by atoms with Gasteiger partial charge in [-0.25, -0.2) is 8.42 Å². The first-order valence-electron chi connectivity index (χ1n) is 12.4. The van der Waals surface area contributed by atoms with Crippen molar-refractivity contribution in [3.05, 3.63) is 59.7 Å². The second-order valence-corrected chi connectivity index (χ2v) is 10.6. The standard InChI is InChI=1S/C27H39N3O5S/c1-6-9-18-28-27(32)24(8-3)29(19-21-14-16-23(35-4)17-15-21)26(31)20-30(36(5,33)34)25-13-11-10-12-22(25)7-2/h10-17,24H,6-9,18-20H2,1-5H3,(H,28,32). The summed E-state index contributed by atoms with van der Waals surface area (Å²) in [7, 11) is -2.19. The van der Waals surface area contributed by atoms with Gasteiger partial charge in [0.2, 0.25) is 21.8 Å². The van der Waals surface area contributed by atoms with Gasteiger partial charge in [-0.3, -0.25) is 13.9 Å². The number of para-hydroxylation sites is 1. The van der Waals surface area contributed by atoms with Gasteiger partial charge in [0.25, 0.3) is 0 Å². The number of anilines is 1. The molecule has 1 unspecified atom stereocenters. The monoisotopic (exact) mass is 517 g/mol. The van der Waals surface area contributed by atoms with Crippen LogP contribution in [0, 0.1) is 0 Å².